The second-order valence-electron chi connectivity index (χ2n) is 4.23. The molecule has 0 amide bonds. The molecule has 1 heterocycles. The number of benzene rings is 1. The number of hydrogen-bond donors (Lipinski definition) is 0. The smallest absolute Gasteiger partial charge is 0.346 e. The second kappa shape index (κ2) is 3.42. The van der Waals surface area contributed by atoms with Crippen molar-refractivity contribution in [2.75, 3.05) is 0 Å². The summed E-state index contributed by atoms with van der Waals surface area (Å²) in [4.78, 5) is 23.3. The third kappa shape index (κ3) is 1.43. The van der Waals surface area contributed by atoms with Crippen molar-refractivity contribution in [1.82, 2.24) is 0 Å². The van der Waals surface area contributed by atoms with Gasteiger partial charge in [-0.2, -0.15) is 0 Å². The van der Waals surface area contributed by atoms with Crippen LogP contribution in [-0.4, -0.2) is 11.8 Å². The molecule has 0 spiro atoms. The van der Waals surface area contributed by atoms with Crippen molar-refractivity contribution >= 4 is 17.8 Å². The predicted molar refractivity (Wildman–Crippen MR) is 61.9 cm³/mol. The molecule has 1 aromatic rings. The lowest BCUT2D eigenvalue weighted by atomic mass is 9.82. The summed E-state index contributed by atoms with van der Waals surface area (Å²) in [6.07, 6.45) is 2.35. The van der Waals surface area contributed by atoms with Gasteiger partial charge in [0.05, 0.1) is 11.5 Å². The van der Waals surface area contributed by atoms with E-state index in [4.69, 9.17) is 4.74 Å². The summed E-state index contributed by atoms with van der Waals surface area (Å²) in [7, 11) is 0. The van der Waals surface area contributed by atoms with Crippen LogP contribution >= 0.6 is 0 Å². The molecule has 1 fully saturated rings. The first kappa shape index (κ1) is 10.0. The maximum Gasteiger partial charge on any atom is 0.346 e. The zero-order valence-electron chi connectivity index (χ0n) is 9.10. The largest absolute Gasteiger partial charge is 0.427 e. The van der Waals surface area contributed by atoms with Crippen LogP contribution in [0.2, 0.25) is 0 Å². The molecule has 17 heavy (non-hydrogen) atoms. The zero-order chi connectivity index (χ0) is 12.0. The predicted octanol–water partition coefficient (Wildman–Crippen LogP) is 1.88. The van der Waals surface area contributed by atoms with Crippen molar-refractivity contribution < 1.29 is 14.3 Å². The summed E-state index contributed by atoms with van der Waals surface area (Å²) in [5.41, 5.74) is 2.05. The Hall–Kier alpha value is -2.16. The van der Waals surface area contributed by atoms with Crippen LogP contribution in [0.4, 0.5) is 0 Å². The van der Waals surface area contributed by atoms with Crippen LogP contribution in [0.1, 0.15) is 11.1 Å². The number of fused-ring (bicyclic) bond motifs is 2. The molecule has 1 atom stereocenters. The van der Waals surface area contributed by atoms with Gasteiger partial charge in [-0.25, -0.2) is 4.79 Å². The average molecular weight is 226 g/mol. The van der Waals surface area contributed by atoms with E-state index in [1.807, 2.05) is 24.3 Å². The van der Waals surface area contributed by atoms with Crippen LogP contribution in [0, 0.1) is 5.92 Å². The summed E-state index contributed by atoms with van der Waals surface area (Å²) in [5.74, 6) is -0.778. The van der Waals surface area contributed by atoms with Gasteiger partial charge in [0.2, 0.25) is 0 Å². The van der Waals surface area contributed by atoms with E-state index in [1.165, 1.54) is 0 Å². The van der Waals surface area contributed by atoms with Crippen LogP contribution < -0.4 is 0 Å². The first-order valence-corrected chi connectivity index (χ1v) is 5.41. The first-order valence-electron chi connectivity index (χ1n) is 5.41. The van der Waals surface area contributed by atoms with Crippen molar-refractivity contribution in [3.8, 4) is 0 Å². The molecular formula is C14H10O3. The van der Waals surface area contributed by atoms with Gasteiger partial charge >= 0.3 is 5.97 Å². The van der Waals surface area contributed by atoms with Crippen LogP contribution in [0.15, 0.2) is 42.2 Å². The van der Waals surface area contributed by atoms with E-state index in [2.05, 4.69) is 6.58 Å². The SMILES string of the molecule is C=C1C(=O)OC2=Cc3ccccc3CC2C1=O. The highest BCUT2D eigenvalue weighted by atomic mass is 16.5. The Labute approximate surface area is 98.4 Å². The van der Waals surface area contributed by atoms with E-state index in [1.54, 1.807) is 6.08 Å². The van der Waals surface area contributed by atoms with Gasteiger partial charge in [-0.3, -0.25) is 4.79 Å². The van der Waals surface area contributed by atoms with E-state index in [0.29, 0.717) is 12.2 Å². The molecule has 2 aliphatic rings. The molecule has 3 heteroatoms. The summed E-state index contributed by atoms with van der Waals surface area (Å²) < 4.78 is 5.13. The number of esters is 1. The van der Waals surface area contributed by atoms with E-state index in [0.717, 1.165) is 11.1 Å². The molecule has 84 valence electrons. The zero-order valence-corrected chi connectivity index (χ0v) is 9.10. The molecule has 0 aromatic heterocycles. The molecule has 0 N–H and O–H groups in total. The normalized spacial score (nSPS) is 22.5. The minimum atomic E-state index is -0.628. The van der Waals surface area contributed by atoms with Gasteiger partial charge in [-0.05, 0) is 23.6 Å². The minimum Gasteiger partial charge on any atom is -0.427 e. The molecule has 0 saturated carbocycles. The third-order valence-electron chi connectivity index (χ3n) is 3.19. The van der Waals surface area contributed by atoms with Crippen molar-refractivity contribution in [3.63, 3.8) is 0 Å². The quantitative estimate of drug-likeness (QED) is 0.385. The number of hydrogen-bond acceptors (Lipinski definition) is 3. The Bertz CT molecular complexity index is 581. The minimum absolute atomic E-state index is 0.0495. The van der Waals surface area contributed by atoms with E-state index in [9.17, 15) is 9.59 Å². The van der Waals surface area contributed by atoms with Crippen molar-refractivity contribution in [1.29, 1.82) is 0 Å². The number of carbonyl (C=O) groups is 2. The van der Waals surface area contributed by atoms with E-state index < -0.39 is 5.97 Å². The van der Waals surface area contributed by atoms with Crippen molar-refractivity contribution in [2.45, 2.75) is 6.42 Å². The summed E-state index contributed by atoms with van der Waals surface area (Å²) >= 11 is 0. The maximum atomic E-state index is 11.9. The highest BCUT2D eigenvalue weighted by molar-refractivity contribution is 6.20. The van der Waals surface area contributed by atoms with E-state index in [-0.39, 0.29) is 17.3 Å². The fourth-order valence-electron chi connectivity index (χ4n) is 2.24. The summed E-state index contributed by atoms with van der Waals surface area (Å²) in [5, 5.41) is 0. The molecule has 1 saturated heterocycles. The topological polar surface area (TPSA) is 43.4 Å². The van der Waals surface area contributed by atoms with Crippen LogP contribution in [0.3, 0.4) is 0 Å². The van der Waals surface area contributed by atoms with Crippen molar-refractivity contribution in [3.05, 3.63) is 53.3 Å². The Balaban J connectivity index is 2.10. The van der Waals surface area contributed by atoms with Gasteiger partial charge in [-0.1, -0.05) is 30.8 Å². The fraction of sp³-hybridized carbons (Fsp3) is 0.143. The third-order valence-corrected chi connectivity index (χ3v) is 3.19. The Morgan fingerprint density at radius 3 is 2.82 bits per heavy atom. The molecule has 1 unspecified atom stereocenters. The molecule has 3 nitrogen and oxygen atoms in total. The van der Waals surface area contributed by atoms with Gasteiger partial charge < -0.3 is 4.74 Å². The number of rotatable bonds is 0. The summed E-state index contributed by atoms with van der Waals surface area (Å²) in [6, 6.07) is 7.78. The number of allylic oxidation sites excluding steroid dienone is 1. The van der Waals surface area contributed by atoms with E-state index >= 15 is 0 Å². The number of carbonyl (C=O) groups excluding carboxylic acids is 2. The number of Topliss-reactive ketones (excluding diaryl/α,β-unsaturated/α-hetero) is 1. The molecule has 1 aliphatic carbocycles. The molecule has 0 radical (unpaired) electrons. The standard InChI is InChI=1S/C14H10O3/c1-8-13(15)11-6-9-4-2-3-5-10(9)7-12(11)17-14(8)16/h2-5,7,11H,1,6H2. The first-order chi connectivity index (χ1) is 8.16. The monoisotopic (exact) mass is 226 g/mol. The second-order valence-corrected chi connectivity index (χ2v) is 4.23. The summed E-state index contributed by atoms with van der Waals surface area (Å²) in [6.45, 7) is 3.47. The lowest BCUT2D eigenvalue weighted by Crippen LogP contribution is -2.34. The molecule has 3 rings (SSSR count). The fourth-order valence-corrected chi connectivity index (χ4v) is 2.24. The van der Waals surface area contributed by atoms with Crippen LogP contribution in [0.25, 0.3) is 6.08 Å². The van der Waals surface area contributed by atoms with Gasteiger partial charge in [0, 0.05) is 0 Å². The Kier molecular flexibility index (Phi) is 2.01. The van der Waals surface area contributed by atoms with Gasteiger partial charge in [0.1, 0.15) is 5.76 Å². The van der Waals surface area contributed by atoms with Crippen LogP contribution in [0.5, 0.6) is 0 Å². The van der Waals surface area contributed by atoms with Crippen molar-refractivity contribution in [2.24, 2.45) is 5.92 Å². The molecular weight excluding hydrogens is 216 g/mol. The van der Waals surface area contributed by atoms with Gasteiger partial charge in [0.25, 0.3) is 0 Å². The maximum absolute atomic E-state index is 11.9. The van der Waals surface area contributed by atoms with Crippen LogP contribution in [-0.2, 0) is 20.7 Å². The lowest BCUT2D eigenvalue weighted by Gasteiger charge is -2.28. The Morgan fingerprint density at radius 1 is 1.24 bits per heavy atom. The number of ketones is 1. The average Bonchev–Trinajstić information content (AvgIpc) is 2.34. The van der Waals surface area contributed by atoms with Gasteiger partial charge in [0.15, 0.2) is 5.78 Å². The molecule has 1 aromatic carbocycles. The Morgan fingerprint density at radius 2 is 2.00 bits per heavy atom. The molecule has 1 aliphatic heterocycles. The van der Waals surface area contributed by atoms with Gasteiger partial charge in [-0.15, -0.1) is 0 Å². The number of ether oxygens (including phenoxy) is 1. The highest BCUT2D eigenvalue weighted by Gasteiger charge is 2.38. The lowest BCUT2D eigenvalue weighted by molar-refractivity contribution is -0.142. The molecule has 0 bridgehead atoms. The highest BCUT2D eigenvalue weighted by Crippen LogP contribution is 2.34.